The normalized spacial score (nSPS) is 14.4. The van der Waals surface area contributed by atoms with Gasteiger partial charge in [-0.15, -0.1) is 0 Å². The SMILES string of the molecule is CCCCC[C@@H](C)NC[C@@H](O)Cc1ccccc1. The fourth-order valence-electron chi connectivity index (χ4n) is 2.10. The maximum absolute atomic E-state index is 9.96. The van der Waals surface area contributed by atoms with E-state index in [1.54, 1.807) is 0 Å². The van der Waals surface area contributed by atoms with Gasteiger partial charge in [0.05, 0.1) is 6.10 Å². The molecule has 0 aliphatic heterocycles. The summed E-state index contributed by atoms with van der Waals surface area (Å²) >= 11 is 0. The Morgan fingerprint density at radius 2 is 1.89 bits per heavy atom. The molecule has 1 aromatic rings. The molecule has 0 aliphatic rings. The lowest BCUT2D eigenvalue weighted by Gasteiger charge is -2.17. The summed E-state index contributed by atoms with van der Waals surface area (Å²) < 4.78 is 0. The Morgan fingerprint density at radius 3 is 2.56 bits per heavy atom. The lowest BCUT2D eigenvalue weighted by atomic mass is 10.1. The molecule has 18 heavy (non-hydrogen) atoms. The number of aliphatic hydroxyl groups excluding tert-OH is 1. The first kappa shape index (κ1) is 15.2. The first-order valence-electron chi connectivity index (χ1n) is 7.17. The molecule has 0 radical (unpaired) electrons. The quantitative estimate of drug-likeness (QED) is 0.659. The van der Waals surface area contributed by atoms with Gasteiger partial charge in [0, 0.05) is 12.6 Å². The van der Waals surface area contributed by atoms with E-state index >= 15 is 0 Å². The predicted molar refractivity (Wildman–Crippen MR) is 77.8 cm³/mol. The number of hydrogen-bond acceptors (Lipinski definition) is 2. The minimum atomic E-state index is -0.291. The monoisotopic (exact) mass is 249 g/mol. The Hall–Kier alpha value is -0.860. The van der Waals surface area contributed by atoms with Crippen LogP contribution in [0.3, 0.4) is 0 Å². The van der Waals surface area contributed by atoms with Crippen LogP contribution in [0.5, 0.6) is 0 Å². The topological polar surface area (TPSA) is 32.3 Å². The molecule has 0 aromatic heterocycles. The van der Waals surface area contributed by atoms with Crippen molar-refractivity contribution in [3.05, 3.63) is 35.9 Å². The molecule has 2 nitrogen and oxygen atoms in total. The molecule has 0 amide bonds. The molecule has 2 atom stereocenters. The third-order valence-corrected chi connectivity index (χ3v) is 3.26. The summed E-state index contributed by atoms with van der Waals surface area (Å²) in [6.07, 6.45) is 5.49. The zero-order valence-electron chi connectivity index (χ0n) is 11.7. The highest BCUT2D eigenvalue weighted by molar-refractivity contribution is 5.15. The van der Waals surface area contributed by atoms with Crippen molar-refractivity contribution in [3.8, 4) is 0 Å². The van der Waals surface area contributed by atoms with Gasteiger partial charge in [0.1, 0.15) is 0 Å². The maximum Gasteiger partial charge on any atom is 0.0704 e. The summed E-state index contributed by atoms with van der Waals surface area (Å²) in [4.78, 5) is 0. The summed E-state index contributed by atoms with van der Waals surface area (Å²) in [5.74, 6) is 0. The van der Waals surface area contributed by atoms with E-state index in [2.05, 4.69) is 31.3 Å². The minimum Gasteiger partial charge on any atom is -0.391 e. The van der Waals surface area contributed by atoms with Crippen molar-refractivity contribution in [2.24, 2.45) is 0 Å². The van der Waals surface area contributed by atoms with Crippen LogP contribution in [0.1, 0.15) is 45.1 Å². The number of benzene rings is 1. The molecular weight excluding hydrogens is 222 g/mol. The first-order valence-corrected chi connectivity index (χ1v) is 7.17. The van der Waals surface area contributed by atoms with Crippen LogP contribution in [-0.4, -0.2) is 23.8 Å². The van der Waals surface area contributed by atoms with E-state index in [9.17, 15) is 5.11 Å². The molecule has 2 heteroatoms. The largest absolute Gasteiger partial charge is 0.391 e. The van der Waals surface area contributed by atoms with E-state index in [-0.39, 0.29) is 6.10 Å². The lowest BCUT2D eigenvalue weighted by Crippen LogP contribution is -2.34. The van der Waals surface area contributed by atoms with Gasteiger partial charge in [-0.25, -0.2) is 0 Å². The van der Waals surface area contributed by atoms with E-state index in [0.717, 1.165) is 6.42 Å². The predicted octanol–water partition coefficient (Wildman–Crippen LogP) is 3.15. The Morgan fingerprint density at radius 1 is 1.17 bits per heavy atom. The minimum absolute atomic E-state index is 0.291. The fourth-order valence-corrected chi connectivity index (χ4v) is 2.10. The van der Waals surface area contributed by atoms with Gasteiger partial charge in [-0.1, -0.05) is 56.5 Å². The average Bonchev–Trinajstić information content (AvgIpc) is 2.38. The van der Waals surface area contributed by atoms with Crippen molar-refractivity contribution in [3.63, 3.8) is 0 Å². The molecule has 0 fully saturated rings. The Bertz CT molecular complexity index is 299. The van der Waals surface area contributed by atoms with Gasteiger partial charge >= 0.3 is 0 Å². The summed E-state index contributed by atoms with van der Waals surface area (Å²) in [5.41, 5.74) is 1.20. The Labute approximate surface area is 111 Å². The van der Waals surface area contributed by atoms with Crippen LogP contribution in [0.4, 0.5) is 0 Å². The zero-order chi connectivity index (χ0) is 13.2. The van der Waals surface area contributed by atoms with Gasteiger partial charge < -0.3 is 10.4 Å². The van der Waals surface area contributed by atoms with Crippen LogP contribution < -0.4 is 5.32 Å². The van der Waals surface area contributed by atoms with E-state index in [1.165, 1.54) is 31.2 Å². The molecule has 1 aromatic carbocycles. The second-order valence-corrected chi connectivity index (χ2v) is 5.15. The van der Waals surface area contributed by atoms with E-state index in [1.807, 2.05) is 18.2 Å². The maximum atomic E-state index is 9.96. The number of rotatable bonds is 9. The van der Waals surface area contributed by atoms with Crippen molar-refractivity contribution in [1.29, 1.82) is 0 Å². The third kappa shape index (κ3) is 6.77. The fraction of sp³-hybridized carbons (Fsp3) is 0.625. The number of nitrogens with one attached hydrogen (secondary N) is 1. The van der Waals surface area contributed by atoms with Crippen LogP contribution in [0.15, 0.2) is 30.3 Å². The number of unbranched alkanes of at least 4 members (excludes halogenated alkanes) is 2. The third-order valence-electron chi connectivity index (χ3n) is 3.26. The smallest absolute Gasteiger partial charge is 0.0704 e. The van der Waals surface area contributed by atoms with Crippen molar-refractivity contribution in [2.45, 2.75) is 58.1 Å². The van der Waals surface area contributed by atoms with Gasteiger partial charge in [-0.3, -0.25) is 0 Å². The molecule has 0 spiro atoms. The summed E-state index contributed by atoms with van der Waals surface area (Å²) in [5, 5.41) is 13.4. The van der Waals surface area contributed by atoms with Crippen LogP contribution in [-0.2, 0) is 6.42 Å². The number of hydrogen-bond donors (Lipinski definition) is 2. The summed E-state index contributed by atoms with van der Waals surface area (Å²) in [7, 11) is 0. The molecule has 0 aliphatic carbocycles. The standard InChI is InChI=1S/C16H27NO/c1-3-4-6-9-14(2)17-13-16(18)12-15-10-7-5-8-11-15/h5,7-8,10-11,14,16-18H,3-4,6,9,12-13H2,1-2H3/t14-,16+/m1/s1. The lowest BCUT2D eigenvalue weighted by molar-refractivity contribution is 0.167. The second-order valence-electron chi connectivity index (χ2n) is 5.15. The highest BCUT2D eigenvalue weighted by Crippen LogP contribution is 2.05. The van der Waals surface area contributed by atoms with Crippen molar-refractivity contribution >= 4 is 0 Å². The average molecular weight is 249 g/mol. The van der Waals surface area contributed by atoms with Gasteiger partial charge in [-0.2, -0.15) is 0 Å². The van der Waals surface area contributed by atoms with Crippen LogP contribution >= 0.6 is 0 Å². The Balaban J connectivity index is 2.14. The van der Waals surface area contributed by atoms with Crippen molar-refractivity contribution < 1.29 is 5.11 Å². The molecule has 1 rings (SSSR count). The number of aliphatic hydroxyl groups is 1. The molecule has 0 saturated heterocycles. The highest BCUT2D eigenvalue weighted by Gasteiger charge is 2.07. The molecule has 0 unspecified atom stereocenters. The van der Waals surface area contributed by atoms with Gasteiger partial charge in [0.2, 0.25) is 0 Å². The van der Waals surface area contributed by atoms with Gasteiger partial charge in [0.15, 0.2) is 0 Å². The molecule has 0 bridgehead atoms. The first-order chi connectivity index (χ1) is 8.72. The molecule has 0 heterocycles. The summed E-state index contributed by atoms with van der Waals surface area (Å²) in [6.45, 7) is 5.11. The van der Waals surface area contributed by atoms with Crippen LogP contribution in [0.2, 0.25) is 0 Å². The molecular formula is C16H27NO. The second kappa shape index (κ2) is 9.12. The van der Waals surface area contributed by atoms with Crippen molar-refractivity contribution in [2.75, 3.05) is 6.54 Å². The molecule has 102 valence electrons. The van der Waals surface area contributed by atoms with Gasteiger partial charge in [-0.05, 0) is 25.3 Å². The van der Waals surface area contributed by atoms with E-state index in [4.69, 9.17) is 0 Å². The highest BCUT2D eigenvalue weighted by atomic mass is 16.3. The zero-order valence-corrected chi connectivity index (χ0v) is 11.7. The molecule has 2 N–H and O–H groups in total. The van der Waals surface area contributed by atoms with E-state index in [0.29, 0.717) is 12.6 Å². The van der Waals surface area contributed by atoms with Gasteiger partial charge in [0.25, 0.3) is 0 Å². The van der Waals surface area contributed by atoms with Crippen LogP contribution in [0.25, 0.3) is 0 Å². The van der Waals surface area contributed by atoms with Crippen molar-refractivity contribution in [1.82, 2.24) is 5.32 Å². The summed E-state index contributed by atoms with van der Waals surface area (Å²) in [6, 6.07) is 10.7. The Kier molecular flexibility index (Phi) is 7.70. The van der Waals surface area contributed by atoms with Crippen LogP contribution in [0, 0.1) is 0 Å². The van der Waals surface area contributed by atoms with E-state index < -0.39 is 0 Å². The molecule has 0 saturated carbocycles.